The predicted molar refractivity (Wildman–Crippen MR) is 40.4 cm³/mol. The van der Waals surface area contributed by atoms with E-state index in [9.17, 15) is 9.18 Å². The number of carbonyl (C=O) groups is 1. The van der Waals surface area contributed by atoms with Crippen molar-refractivity contribution in [2.75, 3.05) is 17.5 Å². The maximum Gasteiger partial charge on any atom is 0.232 e. The first-order valence-electron chi connectivity index (χ1n) is 2.72. The minimum Gasteiger partial charge on any atom is -0.336 e. The van der Waals surface area contributed by atoms with E-state index in [-0.39, 0.29) is 5.91 Å². The molecule has 52 valence electrons. The van der Waals surface area contributed by atoms with E-state index in [1.807, 2.05) is 22.6 Å². The lowest BCUT2D eigenvalue weighted by Gasteiger charge is -2.33. The van der Waals surface area contributed by atoms with Gasteiger partial charge in [0.1, 0.15) is 6.17 Å². The number of hydrogen-bond acceptors (Lipinski definition) is 1. The Morgan fingerprint density at radius 1 is 1.78 bits per heavy atom. The quantitative estimate of drug-likeness (QED) is 0.488. The van der Waals surface area contributed by atoms with Crippen molar-refractivity contribution in [3.05, 3.63) is 0 Å². The zero-order chi connectivity index (χ0) is 6.85. The molecule has 0 atom stereocenters. The summed E-state index contributed by atoms with van der Waals surface area (Å²) in [5, 5.41) is 0. The van der Waals surface area contributed by atoms with Gasteiger partial charge in [-0.15, -0.1) is 0 Å². The van der Waals surface area contributed by atoms with Gasteiger partial charge in [-0.25, -0.2) is 4.39 Å². The van der Waals surface area contributed by atoms with Gasteiger partial charge in [0.15, 0.2) is 0 Å². The summed E-state index contributed by atoms with van der Waals surface area (Å²) in [6.07, 6.45) is -0.767. The van der Waals surface area contributed by atoms with Gasteiger partial charge in [-0.2, -0.15) is 0 Å². The normalized spacial score (nSPS) is 19.6. The Hall–Kier alpha value is 0.130. The molecule has 0 radical (unpaired) electrons. The highest BCUT2D eigenvalue weighted by atomic mass is 127. The van der Waals surface area contributed by atoms with Gasteiger partial charge in [0.05, 0.1) is 17.5 Å². The third kappa shape index (κ3) is 1.53. The largest absolute Gasteiger partial charge is 0.336 e. The van der Waals surface area contributed by atoms with E-state index in [1.54, 1.807) is 0 Å². The van der Waals surface area contributed by atoms with Gasteiger partial charge in [-0.05, 0) is 0 Å². The molecule has 0 bridgehead atoms. The molecule has 0 aromatic heterocycles. The van der Waals surface area contributed by atoms with Crippen molar-refractivity contribution in [3.8, 4) is 0 Å². The Morgan fingerprint density at radius 2 is 2.33 bits per heavy atom. The van der Waals surface area contributed by atoms with Gasteiger partial charge < -0.3 is 4.90 Å². The molecule has 1 rings (SSSR count). The van der Waals surface area contributed by atoms with Crippen LogP contribution < -0.4 is 0 Å². The fraction of sp³-hybridized carbons (Fsp3) is 0.800. The lowest BCUT2D eigenvalue weighted by molar-refractivity contribution is -0.134. The second kappa shape index (κ2) is 2.81. The number of nitrogens with zero attached hydrogens (tertiary/aromatic N) is 1. The average molecular weight is 243 g/mol. The molecule has 1 heterocycles. The van der Waals surface area contributed by atoms with Crippen molar-refractivity contribution < 1.29 is 9.18 Å². The molecule has 9 heavy (non-hydrogen) atoms. The van der Waals surface area contributed by atoms with Gasteiger partial charge in [-0.1, -0.05) is 22.6 Å². The van der Waals surface area contributed by atoms with E-state index >= 15 is 0 Å². The summed E-state index contributed by atoms with van der Waals surface area (Å²) in [6.45, 7) is 0.615. The van der Waals surface area contributed by atoms with Gasteiger partial charge in [-0.3, -0.25) is 4.79 Å². The Labute approximate surface area is 66.5 Å². The third-order valence-electron chi connectivity index (χ3n) is 1.30. The van der Waals surface area contributed by atoms with Crippen LogP contribution in [0.1, 0.15) is 0 Å². The van der Waals surface area contributed by atoms with E-state index in [4.69, 9.17) is 0 Å². The lowest BCUT2D eigenvalue weighted by Crippen LogP contribution is -2.51. The van der Waals surface area contributed by atoms with Crippen molar-refractivity contribution in [3.63, 3.8) is 0 Å². The van der Waals surface area contributed by atoms with Crippen LogP contribution in [0.5, 0.6) is 0 Å². The molecule has 0 aliphatic carbocycles. The highest BCUT2D eigenvalue weighted by molar-refractivity contribution is 14.1. The smallest absolute Gasteiger partial charge is 0.232 e. The number of likely N-dealkylation sites (tertiary alicyclic amines) is 1. The lowest BCUT2D eigenvalue weighted by atomic mass is 10.2. The molecule has 0 unspecified atom stereocenters. The highest BCUT2D eigenvalue weighted by Gasteiger charge is 2.29. The molecular formula is C5H7FINO. The molecule has 0 aromatic carbocycles. The minimum atomic E-state index is -0.767. The molecule has 0 spiro atoms. The maximum absolute atomic E-state index is 12.1. The van der Waals surface area contributed by atoms with Crippen molar-refractivity contribution in [2.24, 2.45) is 0 Å². The molecule has 4 heteroatoms. The fourth-order valence-electron chi connectivity index (χ4n) is 0.713. The van der Waals surface area contributed by atoms with E-state index < -0.39 is 6.17 Å². The standard InChI is InChI=1S/C5H7FINO/c6-4-2-8(3-4)5(9)1-7/h4H,1-3H2. The molecule has 1 saturated heterocycles. The average Bonchev–Trinajstić information content (AvgIpc) is 1.79. The number of carbonyl (C=O) groups excluding carboxylic acids is 1. The summed E-state index contributed by atoms with van der Waals surface area (Å²) in [7, 11) is 0. The second-order valence-electron chi connectivity index (χ2n) is 2.03. The summed E-state index contributed by atoms with van der Waals surface area (Å²) in [4.78, 5) is 12.2. The molecule has 1 amide bonds. The first kappa shape index (κ1) is 7.24. The maximum atomic E-state index is 12.1. The van der Waals surface area contributed by atoms with Crippen LogP contribution in [0.25, 0.3) is 0 Å². The summed E-state index contributed by atoms with van der Waals surface area (Å²) < 4.78 is 12.5. The van der Waals surface area contributed by atoms with Crippen LogP contribution in [0.3, 0.4) is 0 Å². The number of rotatable bonds is 1. The van der Waals surface area contributed by atoms with Crippen LogP contribution >= 0.6 is 22.6 Å². The van der Waals surface area contributed by atoms with E-state index in [0.29, 0.717) is 17.5 Å². The number of alkyl halides is 2. The number of hydrogen-bond donors (Lipinski definition) is 0. The van der Waals surface area contributed by atoms with Crippen LogP contribution in [-0.4, -0.2) is 34.5 Å². The van der Waals surface area contributed by atoms with E-state index in [1.165, 1.54) is 4.90 Å². The fourth-order valence-corrected chi connectivity index (χ4v) is 1.20. The first-order chi connectivity index (χ1) is 4.24. The number of amides is 1. The highest BCUT2D eigenvalue weighted by Crippen LogP contribution is 2.11. The van der Waals surface area contributed by atoms with Crippen LogP contribution in [-0.2, 0) is 4.79 Å². The van der Waals surface area contributed by atoms with Crippen molar-refractivity contribution in [2.45, 2.75) is 6.17 Å². The predicted octanol–water partition coefficient (Wildman–Crippen LogP) is 0.602. The van der Waals surface area contributed by atoms with Crippen LogP contribution in [0, 0.1) is 0 Å². The summed E-state index contributed by atoms with van der Waals surface area (Å²) >= 11 is 1.98. The van der Waals surface area contributed by atoms with Crippen molar-refractivity contribution >= 4 is 28.5 Å². The first-order valence-corrected chi connectivity index (χ1v) is 4.24. The molecule has 1 fully saturated rings. The summed E-state index contributed by atoms with van der Waals surface area (Å²) in [6, 6.07) is 0. The Balaban J connectivity index is 2.23. The zero-order valence-electron chi connectivity index (χ0n) is 4.81. The third-order valence-corrected chi connectivity index (χ3v) is 1.96. The summed E-state index contributed by atoms with van der Waals surface area (Å²) in [5.74, 6) is 0.0458. The zero-order valence-corrected chi connectivity index (χ0v) is 6.97. The summed E-state index contributed by atoms with van der Waals surface area (Å²) in [5.41, 5.74) is 0. The molecule has 0 aromatic rings. The molecular weight excluding hydrogens is 236 g/mol. The minimum absolute atomic E-state index is 0.0458. The van der Waals surface area contributed by atoms with Gasteiger partial charge in [0, 0.05) is 0 Å². The Bertz CT molecular complexity index is 124. The molecule has 0 saturated carbocycles. The van der Waals surface area contributed by atoms with Crippen LogP contribution in [0.2, 0.25) is 0 Å². The second-order valence-corrected chi connectivity index (χ2v) is 2.79. The van der Waals surface area contributed by atoms with Crippen LogP contribution in [0.15, 0.2) is 0 Å². The van der Waals surface area contributed by atoms with Gasteiger partial charge in [0.2, 0.25) is 5.91 Å². The van der Waals surface area contributed by atoms with Crippen molar-refractivity contribution in [1.29, 1.82) is 0 Å². The van der Waals surface area contributed by atoms with E-state index in [0.717, 1.165) is 0 Å². The molecule has 2 nitrogen and oxygen atoms in total. The Morgan fingerprint density at radius 3 is 2.67 bits per heavy atom. The molecule has 1 aliphatic rings. The van der Waals surface area contributed by atoms with Crippen molar-refractivity contribution in [1.82, 2.24) is 4.90 Å². The Kier molecular flexibility index (Phi) is 2.26. The van der Waals surface area contributed by atoms with Gasteiger partial charge >= 0.3 is 0 Å². The number of halogens is 2. The molecule has 0 N–H and O–H groups in total. The van der Waals surface area contributed by atoms with E-state index in [2.05, 4.69) is 0 Å². The SMILES string of the molecule is O=C(CI)N1CC(F)C1. The molecule has 1 aliphatic heterocycles. The van der Waals surface area contributed by atoms with Gasteiger partial charge in [0.25, 0.3) is 0 Å². The van der Waals surface area contributed by atoms with Crippen LogP contribution in [0.4, 0.5) is 4.39 Å². The topological polar surface area (TPSA) is 20.3 Å². The monoisotopic (exact) mass is 243 g/mol.